The number of methoxy groups -OCH3 is 1. The smallest absolute Gasteiger partial charge is 0.336 e. The zero-order valence-electron chi connectivity index (χ0n) is 9.19. The van der Waals surface area contributed by atoms with Gasteiger partial charge in [-0.2, -0.15) is 0 Å². The zero-order chi connectivity index (χ0) is 11.5. The summed E-state index contributed by atoms with van der Waals surface area (Å²) in [5.74, 6) is -0.181. The summed E-state index contributed by atoms with van der Waals surface area (Å²) in [7, 11) is 1.58. The molecule has 0 unspecified atom stereocenters. The topological polar surface area (TPSA) is 58.6 Å². The lowest BCUT2D eigenvalue weighted by Crippen LogP contribution is -2.16. The fraction of sp³-hybridized carbons (Fsp3) is 0.417. The first-order valence-corrected chi connectivity index (χ1v) is 5.37. The predicted octanol–water partition coefficient (Wildman–Crippen LogP) is 1.82. The summed E-state index contributed by atoms with van der Waals surface area (Å²) in [6.45, 7) is 0.945. The van der Waals surface area contributed by atoms with Crippen molar-refractivity contribution in [3.63, 3.8) is 0 Å². The highest BCUT2D eigenvalue weighted by Gasteiger charge is 2.22. The molecule has 1 aliphatic heterocycles. The molecule has 1 aliphatic rings. The Kier molecular flexibility index (Phi) is 3.10. The Hall–Kier alpha value is -1.55. The van der Waals surface area contributed by atoms with Gasteiger partial charge in [-0.3, -0.25) is 0 Å². The number of hydrogen-bond donors (Lipinski definition) is 2. The van der Waals surface area contributed by atoms with Crippen LogP contribution in [0.1, 0.15) is 34.8 Å². The second kappa shape index (κ2) is 4.53. The zero-order valence-corrected chi connectivity index (χ0v) is 9.19. The van der Waals surface area contributed by atoms with Gasteiger partial charge < -0.3 is 15.2 Å². The third-order valence-corrected chi connectivity index (χ3v) is 2.92. The van der Waals surface area contributed by atoms with E-state index in [0.717, 1.165) is 24.9 Å². The van der Waals surface area contributed by atoms with Crippen LogP contribution in [0.25, 0.3) is 0 Å². The molecule has 4 nitrogen and oxygen atoms in total. The van der Waals surface area contributed by atoms with Crippen molar-refractivity contribution in [2.75, 3.05) is 13.7 Å². The maximum absolute atomic E-state index is 11.1. The number of rotatable bonds is 3. The minimum atomic E-state index is -0.883. The van der Waals surface area contributed by atoms with Crippen LogP contribution >= 0.6 is 0 Å². The first-order chi connectivity index (χ1) is 7.72. The van der Waals surface area contributed by atoms with Gasteiger partial charge in [0.15, 0.2) is 0 Å². The Labute approximate surface area is 94.2 Å². The maximum Gasteiger partial charge on any atom is 0.336 e. The van der Waals surface area contributed by atoms with Crippen molar-refractivity contribution in [1.29, 1.82) is 0 Å². The van der Waals surface area contributed by atoms with Crippen LogP contribution in [0.4, 0.5) is 0 Å². The van der Waals surface area contributed by atoms with Gasteiger partial charge in [-0.25, -0.2) is 4.79 Å². The van der Waals surface area contributed by atoms with Gasteiger partial charge in [0.05, 0.1) is 12.7 Å². The molecule has 1 aromatic rings. The Balaban J connectivity index is 2.40. The van der Waals surface area contributed by atoms with Crippen molar-refractivity contribution in [1.82, 2.24) is 5.32 Å². The first-order valence-electron chi connectivity index (χ1n) is 5.37. The van der Waals surface area contributed by atoms with Gasteiger partial charge in [-0.1, -0.05) is 0 Å². The van der Waals surface area contributed by atoms with Crippen molar-refractivity contribution in [2.45, 2.75) is 18.9 Å². The predicted molar refractivity (Wildman–Crippen MR) is 59.9 cm³/mol. The fourth-order valence-corrected chi connectivity index (χ4v) is 2.10. The molecule has 0 amide bonds. The summed E-state index contributed by atoms with van der Waals surface area (Å²) in [5.41, 5.74) is 1.18. The van der Waals surface area contributed by atoms with Gasteiger partial charge in [-0.15, -0.1) is 0 Å². The summed E-state index contributed by atoms with van der Waals surface area (Å²) in [6, 6.07) is 5.24. The summed E-state index contributed by atoms with van der Waals surface area (Å²) in [5, 5.41) is 12.4. The van der Waals surface area contributed by atoms with Crippen molar-refractivity contribution in [2.24, 2.45) is 0 Å². The number of benzene rings is 1. The van der Waals surface area contributed by atoms with E-state index in [1.54, 1.807) is 19.2 Å². The molecule has 0 aliphatic carbocycles. The van der Waals surface area contributed by atoms with E-state index in [4.69, 9.17) is 9.84 Å². The van der Waals surface area contributed by atoms with Gasteiger partial charge in [-0.05, 0) is 43.1 Å². The highest BCUT2D eigenvalue weighted by molar-refractivity contribution is 5.89. The van der Waals surface area contributed by atoms with E-state index in [1.807, 2.05) is 6.07 Å². The van der Waals surface area contributed by atoms with Crippen molar-refractivity contribution in [3.05, 3.63) is 29.3 Å². The Morgan fingerprint density at radius 2 is 2.38 bits per heavy atom. The lowest BCUT2D eigenvalue weighted by molar-refractivity contribution is 0.0695. The minimum Gasteiger partial charge on any atom is -0.497 e. The third-order valence-electron chi connectivity index (χ3n) is 2.92. The van der Waals surface area contributed by atoms with Crippen LogP contribution < -0.4 is 10.1 Å². The molecule has 0 spiro atoms. The second-order valence-corrected chi connectivity index (χ2v) is 3.91. The Bertz CT molecular complexity index is 397. The van der Waals surface area contributed by atoms with Crippen LogP contribution in [0, 0.1) is 0 Å². The number of aromatic carboxylic acids is 1. The molecular weight excluding hydrogens is 206 g/mol. The lowest BCUT2D eigenvalue weighted by atomic mass is 9.99. The fourth-order valence-electron chi connectivity index (χ4n) is 2.10. The number of nitrogens with one attached hydrogen (secondary N) is 1. The largest absolute Gasteiger partial charge is 0.497 e. The number of ether oxygens (including phenoxy) is 1. The summed E-state index contributed by atoms with van der Waals surface area (Å²) in [6.07, 6.45) is 2.06. The molecule has 4 heteroatoms. The van der Waals surface area contributed by atoms with E-state index in [2.05, 4.69) is 5.32 Å². The van der Waals surface area contributed by atoms with Crippen molar-refractivity contribution < 1.29 is 14.6 Å². The monoisotopic (exact) mass is 221 g/mol. The van der Waals surface area contributed by atoms with Crippen LogP contribution in [0.2, 0.25) is 0 Å². The summed E-state index contributed by atoms with van der Waals surface area (Å²) in [4.78, 5) is 11.1. The van der Waals surface area contributed by atoms with Gasteiger partial charge in [0.2, 0.25) is 0 Å². The van der Waals surface area contributed by atoms with E-state index >= 15 is 0 Å². The van der Waals surface area contributed by atoms with E-state index in [1.165, 1.54) is 0 Å². The molecule has 0 bridgehead atoms. The molecule has 0 aromatic heterocycles. The molecular formula is C12H15NO3. The van der Waals surface area contributed by atoms with E-state index < -0.39 is 5.97 Å². The molecule has 2 rings (SSSR count). The molecule has 16 heavy (non-hydrogen) atoms. The minimum absolute atomic E-state index is 0.140. The molecule has 0 radical (unpaired) electrons. The maximum atomic E-state index is 11.1. The van der Waals surface area contributed by atoms with Crippen molar-refractivity contribution >= 4 is 5.97 Å². The van der Waals surface area contributed by atoms with Crippen LogP contribution in [0.5, 0.6) is 5.75 Å². The first kappa shape index (κ1) is 11.0. The van der Waals surface area contributed by atoms with E-state index in [-0.39, 0.29) is 6.04 Å². The average Bonchev–Trinajstić information content (AvgIpc) is 2.81. The van der Waals surface area contributed by atoms with Crippen molar-refractivity contribution in [3.8, 4) is 5.75 Å². The molecule has 1 saturated heterocycles. The van der Waals surface area contributed by atoms with E-state index in [9.17, 15) is 4.79 Å². The highest BCUT2D eigenvalue weighted by Crippen LogP contribution is 2.29. The Morgan fingerprint density at radius 1 is 1.56 bits per heavy atom. The molecule has 1 aromatic carbocycles. The second-order valence-electron chi connectivity index (χ2n) is 3.91. The number of carbonyl (C=O) groups is 1. The van der Waals surface area contributed by atoms with Gasteiger partial charge in [0.1, 0.15) is 5.75 Å². The molecule has 86 valence electrons. The third kappa shape index (κ3) is 2.02. The number of carboxylic acid groups (broad SMARTS) is 1. The average molecular weight is 221 g/mol. The Morgan fingerprint density at radius 3 is 2.94 bits per heavy atom. The van der Waals surface area contributed by atoms with E-state index in [0.29, 0.717) is 11.3 Å². The molecule has 2 N–H and O–H groups in total. The molecule has 1 fully saturated rings. The standard InChI is InChI=1S/C12H15NO3/c1-16-8-4-5-9(12(14)15)10(7-8)11-3-2-6-13-11/h4-5,7,11,13H,2-3,6H2,1H3,(H,14,15)/t11-/m0/s1. The summed E-state index contributed by atoms with van der Waals surface area (Å²) >= 11 is 0. The van der Waals surface area contributed by atoms with Crippen LogP contribution in [-0.4, -0.2) is 24.7 Å². The number of hydrogen-bond acceptors (Lipinski definition) is 3. The summed E-state index contributed by atoms with van der Waals surface area (Å²) < 4.78 is 5.13. The van der Waals surface area contributed by atoms with Gasteiger partial charge in [0.25, 0.3) is 0 Å². The highest BCUT2D eigenvalue weighted by atomic mass is 16.5. The molecule has 1 atom stereocenters. The lowest BCUT2D eigenvalue weighted by Gasteiger charge is -2.14. The molecule has 0 saturated carbocycles. The normalized spacial score (nSPS) is 19.7. The van der Waals surface area contributed by atoms with Crippen LogP contribution in [0.15, 0.2) is 18.2 Å². The van der Waals surface area contributed by atoms with Gasteiger partial charge in [0, 0.05) is 6.04 Å². The van der Waals surface area contributed by atoms with Crippen LogP contribution in [-0.2, 0) is 0 Å². The number of carboxylic acids is 1. The quantitative estimate of drug-likeness (QED) is 0.817. The van der Waals surface area contributed by atoms with Gasteiger partial charge >= 0.3 is 5.97 Å². The SMILES string of the molecule is COc1ccc(C(=O)O)c([C@@H]2CCCN2)c1. The molecule has 1 heterocycles. The van der Waals surface area contributed by atoms with Crippen LogP contribution in [0.3, 0.4) is 0 Å².